The minimum absolute atomic E-state index is 0.134. The summed E-state index contributed by atoms with van der Waals surface area (Å²) in [5.74, 6) is 0.134. The maximum absolute atomic E-state index is 12.3. The molecule has 1 amide bonds. The van der Waals surface area contributed by atoms with Gasteiger partial charge < -0.3 is 10.0 Å². The largest absolute Gasteiger partial charge is 0.390 e. The van der Waals surface area contributed by atoms with Crippen LogP contribution in [0.3, 0.4) is 0 Å². The smallest absolute Gasteiger partial charge is 0.227 e. The summed E-state index contributed by atoms with van der Waals surface area (Å²) in [7, 11) is 1.90. The van der Waals surface area contributed by atoms with Gasteiger partial charge in [-0.15, -0.1) is 0 Å². The van der Waals surface area contributed by atoms with E-state index in [0.717, 1.165) is 17.0 Å². The van der Waals surface area contributed by atoms with E-state index < -0.39 is 5.60 Å². The lowest BCUT2D eigenvalue weighted by Crippen LogP contribution is -2.45. The fourth-order valence-corrected chi connectivity index (χ4v) is 2.57. The first-order chi connectivity index (χ1) is 8.80. The number of rotatable bonds is 2. The number of carbonyl (C=O) groups is 1. The minimum Gasteiger partial charge on any atom is -0.390 e. The van der Waals surface area contributed by atoms with Gasteiger partial charge in [0.25, 0.3) is 0 Å². The van der Waals surface area contributed by atoms with Crippen LogP contribution in [0.1, 0.15) is 36.7 Å². The Morgan fingerprint density at radius 1 is 1.37 bits per heavy atom. The summed E-state index contributed by atoms with van der Waals surface area (Å²) in [6.07, 6.45) is 1.72. The number of nitrogens with zero attached hydrogens (tertiary/aromatic N) is 3. The molecule has 1 saturated heterocycles. The first kappa shape index (κ1) is 14.1. The van der Waals surface area contributed by atoms with Crippen LogP contribution >= 0.6 is 0 Å². The topological polar surface area (TPSA) is 58.4 Å². The van der Waals surface area contributed by atoms with Crippen LogP contribution in [0.25, 0.3) is 0 Å². The van der Waals surface area contributed by atoms with Gasteiger partial charge in [0, 0.05) is 31.4 Å². The van der Waals surface area contributed by atoms with Crippen molar-refractivity contribution in [2.75, 3.05) is 13.1 Å². The van der Waals surface area contributed by atoms with Gasteiger partial charge in [-0.05, 0) is 33.6 Å². The van der Waals surface area contributed by atoms with E-state index in [1.165, 1.54) is 0 Å². The zero-order valence-corrected chi connectivity index (χ0v) is 12.2. The first-order valence-corrected chi connectivity index (χ1v) is 6.79. The zero-order valence-electron chi connectivity index (χ0n) is 12.2. The first-order valence-electron chi connectivity index (χ1n) is 6.79. The molecular weight excluding hydrogens is 242 g/mol. The normalized spacial score (nSPS) is 18.7. The quantitative estimate of drug-likeness (QED) is 0.866. The molecule has 0 unspecified atom stereocenters. The van der Waals surface area contributed by atoms with Crippen molar-refractivity contribution in [3.63, 3.8) is 0 Å². The van der Waals surface area contributed by atoms with Gasteiger partial charge in [0.2, 0.25) is 5.91 Å². The Balaban J connectivity index is 2.02. The number of aromatic nitrogens is 2. The molecule has 1 aromatic heterocycles. The van der Waals surface area contributed by atoms with Crippen LogP contribution in [0.5, 0.6) is 0 Å². The molecule has 0 saturated carbocycles. The highest BCUT2D eigenvalue weighted by atomic mass is 16.3. The maximum atomic E-state index is 12.3. The molecule has 2 rings (SSSR count). The Labute approximate surface area is 114 Å². The second-order valence-corrected chi connectivity index (χ2v) is 5.83. The van der Waals surface area contributed by atoms with E-state index in [1.807, 2.05) is 37.4 Å². The fourth-order valence-electron chi connectivity index (χ4n) is 2.57. The van der Waals surface area contributed by atoms with Gasteiger partial charge in [-0.2, -0.15) is 5.10 Å². The van der Waals surface area contributed by atoms with Crippen molar-refractivity contribution < 1.29 is 9.90 Å². The lowest BCUT2D eigenvalue weighted by Gasteiger charge is -2.35. The molecule has 5 nitrogen and oxygen atoms in total. The van der Waals surface area contributed by atoms with E-state index >= 15 is 0 Å². The third kappa shape index (κ3) is 2.97. The minimum atomic E-state index is -0.614. The molecule has 1 aromatic rings. The van der Waals surface area contributed by atoms with Gasteiger partial charge in [0.05, 0.1) is 17.7 Å². The van der Waals surface area contributed by atoms with Crippen LogP contribution in [0.2, 0.25) is 0 Å². The predicted molar refractivity (Wildman–Crippen MR) is 72.8 cm³/mol. The molecule has 1 aliphatic rings. The number of hydrogen-bond donors (Lipinski definition) is 1. The second-order valence-electron chi connectivity index (χ2n) is 5.83. The summed E-state index contributed by atoms with van der Waals surface area (Å²) in [6, 6.07) is 0. The molecule has 0 spiro atoms. The van der Waals surface area contributed by atoms with Crippen molar-refractivity contribution >= 4 is 5.91 Å². The van der Waals surface area contributed by atoms with E-state index in [1.54, 1.807) is 0 Å². The molecule has 1 N–H and O–H groups in total. The standard InChI is InChI=1S/C14H23N3O2/c1-10-12(11(2)16(4)15-10)9-13(18)17-7-5-14(3,19)6-8-17/h19H,5-9H2,1-4H3. The SMILES string of the molecule is Cc1nn(C)c(C)c1CC(=O)N1CCC(C)(O)CC1. The summed E-state index contributed by atoms with van der Waals surface area (Å²) in [5.41, 5.74) is 2.40. The van der Waals surface area contributed by atoms with Crippen molar-refractivity contribution in [2.45, 2.75) is 45.6 Å². The Bertz CT molecular complexity index is 481. The Hall–Kier alpha value is -1.36. The Morgan fingerprint density at radius 3 is 2.42 bits per heavy atom. The number of amides is 1. The zero-order chi connectivity index (χ0) is 14.2. The molecule has 106 valence electrons. The Kier molecular flexibility index (Phi) is 3.67. The van der Waals surface area contributed by atoms with Crippen molar-refractivity contribution in [3.05, 3.63) is 17.0 Å². The predicted octanol–water partition coefficient (Wildman–Crippen LogP) is 0.953. The van der Waals surface area contributed by atoms with Crippen LogP contribution < -0.4 is 0 Å². The molecule has 2 heterocycles. The van der Waals surface area contributed by atoms with E-state index in [9.17, 15) is 9.90 Å². The highest BCUT2D eigenvalue weighted by Gasteiger charge is 2.30. The summed E-state index contributed by atoms with van der Waals surface area (Å²) < 4.78 is 1.82. The number of likely N-dealkylation sites (tertiary alicyclic amines) is 1. The highest BCUT2D eigenvalue weighted by molar-refractivity contribution is 5.79. The van der Waals surface area contributed by atoms with Crippen LogP contribution in [0.4, 0.5) is 0 Å². The maximum Gasteiger partial charge on any atom is 0.227 e. The summed E-state index contributed by atoms with van der Waals surface area (Å²) in [4.78, 5) is 14.2. The van der Waals surface area contributed by atoms with Gasteiger partial charge in [-0.3, -0.25) is 9.48 Å². The van der Waals surface area contributed by atoms with Crippen LogP contribution in [0, 0.1) is 13.8 Å². The summed E-state index contributed by atoms with van der Waals surface area (Å²) in [6.45, 7) is 7.05. The molecule has 1 aliphatic heterocycles. The second kappa shape index (κ2) is 4.96. The third-order valence-electron chi connectivity index (χ3n) is 4.18. The molecule has 19 heavy (non-hydrogen) atoms. The van der Waals surface area contributed by atoms with E-state index in [2.05, 4.69) is 5.10 Å². The molecule has 0 aromatic carbocycles. The molecule has 0 atom stereocenters. The van der Waals surface area contributed by atoms with Gasteiger partial charge in [0.15, 0.2) is 0 Å². The number of hydrogen-bond acceptors (Lipinski definition) is 3. The van der Waals surface area contributed by atoms with Crippen molar-refractivity contribution in [2.24, 2.45) is 7.05 Å². The van der Waals surface area contributed by atoms with E-state index in [-0.39, 0.29) is 5.91 Å². The highest BCUT2D eigenvalue weighted by Crippen LogP contribution is 2.22. The summed E-state index contributed by atoms with van der Waals surface area (Å²) >= 11 is 0. The molecular formula is C14H23N3O2. The number of carbonyl (C=O) groups excluding carboxylic acids is 1. The molecule has 0 aliphatic carbocycles. The van der Waals surface area contributed by atoms with Crippen molar-refractivity contribution in [1.82, 2.24) is 14.7 Å². The average molecular weight is 265 g/mol. The number of aryl methyl sites for hydroxylation is 2. The van der Waals surface area contributed by atoms with Crippen LogP contribution in [-0.2, 0) is 18.3 Å². The van der Waals surface area contributed by atoms with Gasteiger partial charge in [-0.1, -0.05) is 0 Å². The van der Waals surface area contributed by atoms with Crippen LogP contribution in [-0.4, -0.2) is 44.4 Å². The average Bonchev–Trinajstić information content (AvgIpc) is 2.56. The molecule has 0 bridgehead atoms. The van der Waals surface area contributed by atoms with Gasteiger partial charge >= 0.3 is 0 Å². The summed E-state index contributed by atoms with van der Waals surface area (Å²) in [5, 5.41) is 14.2. The Morgan fingerprint density at radius 2 is 1.95 bits per heavy atom. The van der Waals surface area contributed by atoms with Crippen molar-refractivity contribution in [3.8, 4) is 0 Å². The number of aliphatic hydroxyl groups is 1. The molecule has 1 fully saturated rings. The molecule has 5 heteroatoms. The van der Waals surface area contributed by atoms with E-state index in [0.29, 0.717) is 32.4 Å². The number of piperidine rings is 1. The van der Waals surface area contributed by atoms with Gasteiger partial charge in [-0.25, -0.2) is 0 Å². The molecule has 0 radical (unpaired) electrons. The van der Waals surface area contributed by atoms with E-state index in [4.69, 9.17) is 0 Å². The monoisotopic (exact) mass is 265 g/mol. The van der Waals surface area contributed by atoms with Crippen molar-refractivity contribution in [1.29, 1.82) is 0 Å². The van der Waals surface area contributed by atoms with Gasteiger partial charge in [0.1, 0.15) is 0 Å². The lowest BCUT2D eigenvalue weighted by molar-refractivity contribution is -0.134. The van der Waals surface area contributed by atoms with Crippen LogP contribution in [0.15, 0.2) is 0 Å². The third-order valence-corrected chi connectivity index (χ3v) is 4.18. The lowest BCUT2D eigenvalue weighted by atomic mass is 9.93. The fraction of sp³-hybridized carbons (Fsp3) is 0.714.